The Labute approximate surface area is 238 Å². The number of ether oxygens (including phenoxy) is 1. The van der Waals surface area contributed by atoms with Crippen LogP contribution in [0.4, 0.5) is 4.79 Å². The fraction of sp³-hybridized carbons (Fsp3) is 0.406. The van der Waals surface area contributed by atoms with Crippen LogP contribution in [0.2, 0.25) is 18.1 Å². The molecule has 1 atom stereocenters. The predicted octanol–water partition coefficient (Wildman–Crippen LogP) is 6.13. The van der Waals surface area contributed by atoms with Gasteiger partial charge in [0, 0.05) is 26.6 Å². The molecule has 8 heteroatoms. The quantitative estimate of drug-likeness (QED) is 0.221. The largest absolute Gasteiger partial charge is 0.497 e. The number of carbonyl (C=O) groups is 3. The van der Waals surface area contributed by atoms with E-state index in [0.717, 1.165) is 26.5 Å². The van der Waals surface area contributed by atoms with Crippen molar-refractivity contribution in [2.75, 3.05) is 20.7 Å². The molecule has 1 saturated heterocycles. The van der Waals surface area contributed by atoms with E-state index in [1.54, 1.807) is 12.3 Å². The van der Waals surface area contributed by atoms with E-state index in [-0.39, 0.29) is 5.04 Å². The minimum absolute atomic E-state index is 0.0833. The monoisotopic (exact) mass is 560 g/mol. The lowest BCUT2D eigenvalue weighted by Crippen LogP contribution is -2.68. The Hall–Kier alpha value is -3.49. The van der Waals surface area contributed by atoms with Crippen molar-refractivity contribution in [2.45, 2.75) is 57.3 Å². The van der Waals surface area contributed by atoms with Gasteiger partial charge in [-0.25, -0.2) is 4.79 Å². The van der Waals surface area contributed by atoms with E-state index in [0.29, 0.717) is 25.2 Å². The summed E-state index contributed by atoms with van der Waals surface area (Å²) in [6.45, 7) is 12.0. The third-order valence-electron chi connectivity index (χ3n) is 8.55. The smallest absolute Gasteiger partial charge is 0.332 e. The molecule has 1 fully saturated rings. The van der Waals surface area contributed by atoms with Gasteiger partial charge in [0.25, 0.3) is 11.8 Å². The van der Waals surface area contributed by atoms with Gasteiger partial charge in [0.05, 0.1) is 6.26 Å². The standard InChI is InChI=1S/C32H40N2O5Si/c1-31(2,3)40(6,7)39-20-17-24-21-25(18-19-38-22-23-13-9-8-10-14-23)32(27-16-12-11-15-26(24)27)28(35)33(4)30(37)34(5)29(32)36/h8-16,18-19,21,25H,17,20,22H2,1-7H3/b19-18+. The van der Waals surface area contributed by atoms with E-state index < -0.39 is 37.5 Å². The summed E-state index contributed by atoms with van der Waals surface area (Å²) in [5, 5.41) is 0.0833. The molecule has 2 aliphatic rings. The number of barbiturate groups is 1. The molecule has 4 rings (SSSR count). The fourth-order valence-electron chi connectivity index (χ4n) is 5.16. The van der Waals surface area contributed by atoms with Gasteiger partial charge in [-0.3, -0.25) is 19.4 Å². The van der Waals surface area contributed by atoms with Crippen LogP contribution >= 0.6 is 0 Å². The molecule has 1 spiro atoms. The Bertz CT molecular complexity index is 1320. The number of urea groups is 1. The van der Waals surface area contributed by atoms with Crippen molar-refractivity contribution < 1.29 is 23.5 Å². The number of rotatable bonds is 8. The van der Waals surface area contributed by atoms with Gasteiger partial charge in [-0.15, -0.1) is 0 Å². The number of carbonyl (C=O) groups excluding carboxylic acids is 3. The van der Waals surface area contributed by atoms with Crippen LogP contribution in [0.5, 0.6) is 0 Å². The van der Waals surface area contributed by atoms with Crippen LogP contribution in [0.15, 0.2) is 73.0 Å². The summed E-state index contributed by atoms with van der Waals surface area (Å²) in [6.07, 6.45) is 5.93. The highest BCUT2D eigenvalue weighted by molar-refractivity contribution is 6.74. The summed E-state index contributed by atoms with van der Waals surface area (Å²) >= 11 is 0. The highest BCUT2D eigenvalue weighted by atomic mass is 28.4. The molecule has 1 aliphatic heterocycles. The molecule has 1 heterocycles. The van der Waals surface area contributed by atoms with Crippen LogP contribution in [0, 0.1) is 5.92 Å². The molecule has 0 saturated carbocycles. The predicted molar refractivity (Wildman–Crippen MR) is 159 cm³/mol. The van der Waals surface area contributed by atoms with E-state index in [4.69, 9.17) is 9.16 Å². The van der Waals surface area contributed by atoms with Crippen molar-refractivity contribution in [3.8, 4) is 0 Å². The molecular formula is C32H40N2O5Si. The summed E-state index contributed by atoms with van der Waals surface area (Å²) in [7, 11) is 0.892. The fourth-order valence-corrected chi connectivity index (χ4v) is 6.21. The number of hydrogen-bond donors (Lipinski definition) is 0. The molecule has 2 aromatic rings. The lowest BCUT2D eigenvalue weighted by atomic mass is 9.61. The SMILES string of the molecule is CN1C(=O)N(C)C(=O)C2(C1=O)c1ccccc1C(CCO[Si](C)(C)C(C)(C)C)=CC2/C=C/OCc1ccccc1. The highest BCUT2D eigenvalue weighted by Crippen LogP contribution is 2.48. The number of imide groups is 2. The first-order valence-electron chi connectivity index (χ1n) is 13.7. The first-order chi connectivity index (χ1) is 18.8. The maximum atomic E-state index is 14.0. The van der Waals surface area contributed by atoms with Gasteiger partial charge >= 0.3 is 6.03 Å². The van der Waals surface area contributed by atoms with Crippen LogP contribution in [0.1, 0.15) is 43.9 Å². The number of fused-ring (bicyclic) bond motifs is 2. The molecule has 0 bridgehead atoms. The lowest BCUT2D eigenvalue weighted by molar-refractivity contribution is -0.152. The Balaban J connectivity index is 1.74. The molecular weight excluding hydrogens is 520 g/mol. The average molecular weight is 561 g/mol. The minimum atomic E-state index is -1.96. The van der Waals surface area contributed by atoms with Gasteiger partial charge in [0.2, 0.25) is 0 Å². The first kappa shape index (κ1) is 29.5. The van der Waals surface area contributed by atoms with Crippen LogP contribution in [-0.2, 0) is 30.8 Å². The van der Waals surface area contributed by atoms with Crippen molar-refractivity contribution in [1.82, 2.24) is 9.80 Å². The number of allylic oxidation sites excluding steroid dienone is 2. The zero-order chi connectivity index (χ0) is 29.3. The van der Waals surface area contributed by atoms with Crippen LogP contribution in [0.25, 0.3) is 5.57 Å². The van der Waals surface area contributed by atoms with Crippen molar-refractivity contribution >= 4 is 31.7 Å². The number of amides is 4. The summed E-state index contributed by atoms with van der Waals surface area (Å²) in [5.74, 6) is -1.75. The Kier molecular flexibility index (Phi) is 8.24. The first-order valence-corrected chi connectivity index (χ1v) is 16.6. The zero-order valence-electron chi connectivity index (χ0n) is 24.6. The van der Waals surface area contributed by atoms with Gasteiger partial charge in [-0.2, -0.15) is 0 Å². The molecule has 1 aliphatic carbocycles. The summed E-state index contributed by atoms with van der Waals surface area (Å²) < 4.78 is 12.3. The molecule has 0 N–H and O–H groups in total. The van der Waals surface area contributed by atoms with Crippen LogP contribution in [-0.4, -0.2) is 56.7 Å². The molecule has 40 heavy (non-hydrogen) atoms. The maximum absolute atomic E-state index is 14.0. The average Bonchev–Trinajstić information content (AvgIpc) is 2.92. The molecule has 4 amide bonds. The summed E-state index contributed by atoms with van der Waals surface area (Å²) in [6, 6.07) is 16.6. The molecule has 212 valence electrons. The van der Waals surface area contributed by atoms with Gasteiger partial charge in [-0.05, 0) is 52.9 Å². The van der Waals surface area contributed by atoms with E-state index in [2.05, 4.69) is 33.9 Å². The van der Waals surface area contributed by atoms with Crippen molar-refractivity contribution in [2.24, 2.45) is 5.92 Å². The lowest BCUT2D eigenvalue weighted by Gasteiger charge is -2.47. The van der Waals surface area contributed by atoms with Gasteiger partial charge < -0.3 is 9.16 Å². The number of hydrogen-bond acceptors (Lipinski definition) is 5. The van der Waals surface area contributed by atoms with Crippen LogP contribution < -0.4 is 0 Å². The van der Waals surface area contributed by atoms with Crippen LogP contribution in [0.3, 0.4) is 0 Å². The van der Waals surface area contributed by atoms with Gasteiger partial charge in [0.1, 0.15) is 6.61 Å². The topological polar surface area (TPSA) is 76.2 Å². The van der Waals surface area contributed by atoms with Crippen molar-refractivity contribution in [3.63, 3.8) is 0 Å². The Morgan fingerprint density at radius 1 is 0.925 bits per heavy atom. The van der Waals surface area contributed by atoms with E-state index in [1.165, 1.54) is 14.1 Å². The van der Waals surface area contributed by atoms with E-state index in [1.807, 2.05) is 60.7 Å². The molecule has 1 unspecified atom stereocenters. The number of likely N-dealkylation sites (N-methyl/N-ethyl adjacent to an activating group) is 2. The van der Waals surface area contributed by atoms with Gasteiger partial charge in [-0.1, -0.05) is 81.4 Å². The second kappa shape index (κ2) is 11.2. The summed E-state index contributed by atoms with van der Waals surface area (Å²) in [5.41, 5.74) is 1.81. The van der Waals surface area contributed by atoms with E-state index in [9.17, 15) is 14.4 Å². The summed E-state index contributed by atoms with van der Waals surface area (Å²) in [4.78, 5) is 42.8. The second-order valence-corrected chi connectivity index (χ2v) is 16.9. The number of nitrogens with zero attached hydrogens (tertiary/aromatic N) is 2. The maximum Gasteiger partial charge on any atom is 0.332 e. The molecule has 7 nitrogen and oxygen atoms in total. The minimum Gasteiger partial charge on any atom is -0.497 e. The van der Waals surface area contributed by atoms with Crippen molar-refractivity contribution in [1.29, 1.82) is 0 Å². The third-order valence-corrected chi connectivity index (χ3v) is 13.1. The molecule has 2 aromatic carbocycles. The third kappa shape index (κ3) is 5.18. The Morgan fingerprint density at radius 2 is 1.52 bits per heavy atom. The van der Waals surface area contributed by atoms with Crippen molar-refractivity contribution in [3.05, 3.63) is 89.7 Å². The molecule has 0 aromatic heterocycles. The number of benzene rings is 2. The normalized spacial score (nSPS) is 19.3. The van der Waals surface area contributed by atoms with E-state index >= 15 is 0 Å². The van der Waals surface area contributed by atoms with Gasteiger partial charge in [0.15, 0.2) is 13.7 Å². The Morgan fingerprint density at radius 3 is 2.15 bits per heavy atom. The molecule has 0 radical (unpaired) electrons. The highest BCUT2D eigenvalue weighted by Gasteiger charge is 2.61. The second-order valence-electron chi connectivity index (χ2n) is 12.1. The zero-order valence-corrected chi connectivity index (χ0v) is 25.6.